The van der Waals surface area contributed by atoms with Gasteiger partial charge in [-0.15, -0.1) is 0 Å². The molecule has 0 unspecified atom stereocenters. The Balaban J connectivity index is 2.00. The van der Waals surface area contributed by atoms with Crippen molar-refractivity contribution in [2.75, 3.05) is 18.2 Å². The second-order valence-electron chi connectivity index (χ2n) is 5.28. The predicted molar refractivity (Wildman–Crippen MR) is 91.4 cm³/mol. The second kappa shape index (κ2) is 6.60. The lowest BCUT2D eigenvalue weighted by Crippen LogP contribution is -2.09. The zero-order valence-electron chi connectivity index (χ0n) is 13.5. The van der Waals surface area contributed by atoms with E-state index >= 15 is 0 Å². The average molecular weight is 342 g/mol. The molecule has 3 aromatic rings. The standard InChI is InChI=1S/C17H15FN4O3/c1-9-5-12(18)14(7-15(9)25-17(23)24-2)22-16-11-4-3-10(19)6-13(11)20-8-21-16/h3-8H,19H2,1-2H3,(H,20,21,22). The minimum atomic E-state index is -0.886. The highest BCUT2D eigenvalue weighted by molar-refractivity contribution is 5.92. The summed E-state index contributed by atoms with van der Waals surface area (Å²) in [7, 11) is 1.19. The van der Waals surface area contributed by atoms with E-state index < -0.39 is 12.0 Å². The normalized spacial score (nSPS) is 10.5. The van der Waals surface area contributed by atoms with Crippen molar-refractivity contribution in [3.05, 3.63) is 48.0 Å². The number of carbonyl (C=O) groups excluding carboxylic acids is 1. The maximum Gasteiger partial charge on any atom is 0.513 e. The summed E-state index contributed by atoms with van der Waals surface area (Å²) >= 11 is 0. The number of aromatic nitrogens is 2. The van der Waals surface area contributed by atoms with Crippen LogP contribution in [0.2, 0.25) is 0 Å². The van der Waals surface area contributed by atoms with Crippen LogP contribution in [0, 0.1) is 12.7 Å². The van der Waals surface area contributed by atoms with E-state index in [9.17, 15) is 9.18 Å². The second-order valence-corrected chi connectivity index (χ2v) is 5.28. The number of benzene rings is 2. The molecule has 1 aromatic heterocycles. The SMILES string of the molecule is COC(=O)Oc1cc(Nc2ncnc3cc(N)ccc23)c(F)cc1C. The third-order valence-corrected chi connectivity index (χ3v) is 3.54. The largest absolute Gasteiger partial charge is 0.513 e. The first-order valence-corrected chi connectivity index (χ1v) is 7.31. The number of nitrogen functional groups attached to an aromatic ring is 1. The van der Waals surface area contributed by atoms with Crippen molar-refractivity contribution < 1.29 is 18.7 Å². The van der Waals surface area contributed by atoms with Gasteiger partial charge in [0.1, 0.15) is 23.7 Å². The molecule has 3 rings (SSSR count). The van der Waals surface area contributed by atoms with Gasteiger partial charge < -0.3 is 20.5 Å². The van der Waals surface area contributed by atoms with Crippen LogP contribution >= 0.6 is 0 Å². The Kier molecular flexibility index (Phi) is 4.34. The molecule has 0 spiro atoms. The number of nitrogens with two attached hydrogens (primary N) is 1. The summed E-state index contributed by atoms with van der Waals surface area (Å²) < 4.78 is 23.8. The van der Waals surface area contributed by atoms with Crippen LogP contribution in [0.1, 0.15) is 5.56 Å². The van der Waals surface area contributed by atoms with Crippen LogP contribution in [0.4, 0.5) is 26.4 Å². The summed E-state index contributed by atoms with van der Waals surface area (Å²) in [6.07, 6.45) is 0.464. The van der Waals surface area contributed by atoms with E-state index in [0.29, 0.717) is 28.0 Å². The van der Waals surface area contributed by atoms with Crippen LogP contribution in [0.5, 0.6) is 5.75 Å². The Bertz CT molecular complexity index is 962. The molecule has 2 aromatic carbocycles. The van der Waals surface area contributed by atoms with Crippen molar-refractivity contribution in [3.8, 4) is 5.75 Å². The van der Waals surface area contributed by atoms with Crippen molar-refractivity contribution in [1.82, 2.24) is 9.97 Å². The van der Waals surface area contributed by atoms with Crippen molar-refractivity contribution in [1.29, 1.82) is 0 Å². The van der Waals surface area contributed by atoms with Crippen LogP contribution in [-0.2, 0) is 4.74 Å². The van der Waals surface area contributed by atoms with Gasteiger partial charge in [-0.3, -0.25) is 0 Å². The molecule has 3 N–H and O–H groups in total. The highest BCUT2D eigenvalue weighted by Crippen LogP contribution is 2.30. The van der Waals surface area contributed by atoms with Gasteiger partial charge in [-0.1, -0.05) is 0 Å². The molecule has 0 amide bonds. The molecular formula is C17H15FN4O3. The number of nitrogens with one attached hydrogen (secondary N) is 1. The Morgan fingerprint density at radius 2 is 2.04 bits per heavy atom. The van der Waals surface area contributed by atoms with E-state index in [1.165, 1.54) is 25.6 Å². The Hall–Kier alpha value is -3.42. The number of halogens is 1. The van der Waals surface area contributed by atoms with Gasteiger partial charge in [-0.25, -0.2) is 19.2 Å². The summed E-state index contributed by atoms with van der Waals surface area (Å²) in [5.74, 6) is 0.0621. The quantitative estimate of drug-likeness (QED) is 0.426. The number of ether oxygens (including phenoxy) is 2. The number of nitrogens with zero attached hydrogens (tertiary/aromatic N) is 2. The third kappa shape index (κ3) is 3.42. The molecule has 8 heteroatoms. The summed E-state index contributed by atoms with van der Waals surface area (Å²) in [5, 5.41) is 3.57. The Morgan fingerprint density at radius 3 is 2.80 bits per heavy atom. The number of carbonyl (C=O) groups is 1. The molecule has 0 aliphatic heterocycles. The molecule has 0 atom stereocenters. The van der Waals surface area contributed by atoms with Gasteiger partial charge >= 0.3 is 6.16 Å². The van der Waals surface area contributed by atoms with Gasteiger partial charge in [0.15, 0.2) is 0 Å². The molecule has 128 valence electrons. The summed E-state index contributed by atoms with van der Waals surface area (Å²) in [5.41, 5.74) is 7.48. The molecule has 0 aliphatic carbocycles. The van der Waals surface area contributed by atoms with Crippen LogP contribution in [0.3, 0.4) is 0 Å². The van der Waals surface area contributed by atoms with E-state index in [1.807, 2.05) is 0 Å². The monoisotopic (exact) mass is 342 g/mol. The maximum absolute atomic E-state index is 14.3. The molecule has 0 bridgehead atoms. The number of hydrogen-bond acceptors (Lipinski definition) is 7. The predicted octanol–water partition coefficient (Wildman–Crippen LogP) is 3.55. The molecule has 0 fully saturated rings. The van der Waals surface area contributed by atoms with E-state index in [-0.39, 0.29) is 11.4 Å². The number of methoxy groups -OCH3 is 1. The molecule has 0 saturated heterocycles. The molecule has 1 heterocycles. The van der Waals surface area contributed by atoms with Crippen molar-refractivity contribution in [2.45, 2.75) is 6.92 Å². The van der Waals surface area contributed by atoms with Crippen LogP contribution in [0.15, 0.2) is 36.7 Å². The van der Waals surface area contributed by atoms with Crippen LogP contribution < -0.4 is 15.8 Å². The number of aryl methyl sites for hydroxylation is 1. The lowest BCUT2D eigenvalue weighted by atomic mass is 10.1. The van der Waals surface area contributed by atoms with Gasteiger partial charge in [-0.2, -0.15) is 0 Å². The first-order valence-electron chi connectivity index (χ1n) is 7.31. The van der Waals surface area contributed by atoms with Crippen molar-refractivity contribution in [3.63, 3.8) is 0 Å². The fourth-order valence-electron chi connectivity index (χ4n) is 2.29. The molecule has 7 nitrogen and oxygen atoms in total. The van der Waals surface area contributed by atoms with E-state index in [2.05, 4.69) is 20.0 Å². The Labute approximate surface area is 142 Å². The minimum Gasteiger partial charge on any atom is -0.437 e. The van der Waals surface area contributed by atoms with Gasteiger partial charge in [-0.05, 0) is 36.8 Å². The minimum absolute atomic E-state index is 0.0985. The lowest BCUT2D eigenvalue weighted by Gasteiger charge is -2.12. The summed E-state index contributed by atoms with van der Waals surface area (Å²) in [6, 6.07) is 7.76. The smallest absolute Gasteiger partial charge is 0.437 e. The first kappa shape index (κ1) is 16.4. The van der Waals surface area contributed by atoms with Gasteiger partial charge in [0.05, 0.1) is 18.3 Å². The zero-order chi connectivity index (χ0) is 18.0. The molecule has 0 aliphatic rings. The Morgan fingerprint density at radius 1 is 1.24 bits per heavy atom. The molecular weight excluding hydrogens is 327 g/mol. The van der Waals surface area contributed by atoms with Crippen LogP contribution in [0.25, 0.3) is 10.9 Å². The van der Waals surface area contributed by atoms with E-state index in [4.69, 9.17) is 10.5 Å². The van der Waals surface area contributed by atoms with Gasteiger partial charge in [0, 0.05) is 17.1 Å². The number of anilines is 3. The summed E-state index contributed by atoms with van der Waals surface area (Å²) in [6.45, 7) is 1.62. The number of fused-ring (bicyclic) bond motifs is 1. The maximum atomic E-state index is 14.3. The fraction of sp³-hybridized carbons (Fsp3) is 0.118. The third-order valence-electron chi connectivity index (χ3n) is 3.54. The molecule has 0 radical (unpaired) electrons. The van der Waals surface area contributed by atoms with Crippen molar-refractivity contribution >= 4 is 34.3 Å². The summed E-state index contributed by atoms with van der Waals surface area (Å²) in [4.78, 5) is 19.6. The average Bonchev–Trinajstić information content (AvgIpc) is 2.58. The van der Waals surface area contributed by atoms with E-state index in [1.54, 1.807) is 25.1 Å². The first-order chi connectivity index (χ1) is 12.0. The molecule has 25 heavy (non-hydrogen) atoms. The van der Waals surface area contributed by atoms with Gasteiger partial charge in [0.2, 0.25) is 0 Å². The highest BCUT2D eigenvalue weighted by atomic mass is 19.1. The fourth-order valence-corrected chi connectivity index (χ4v) is 2.29. The number of rotatable bonds is 3. The molecule has 0 saturated carbocycles. The van der Waals surface area contributed by atoms with Crippen molar-refractivity contribution in [2.24, 2.45) is 0 Å². The number of hydrogen-bond donors (Lipinski definition) is 2. The van der Waals surface area contributed by atoms with Gasteiger partial charge in [0.25, 0.3) is 0 Å². The zero-order valence-corrected chi connectivity index (χ0v) is 13.5. The topological polar surface area (TPSA) is 99.4 Å². The van der Waals surface area contributed by atoms with E-state index in [0.717, 1.165) is 0 Å². The van der Waals surface area contributed by atoms with Crippen LogP contribution in [-0.4, -0.2) is 23.2 Å². The lowest BCUT2D eigenvalue weighted by molar-refractivity contribution is 0.121. The highest BCUT2D eigenvalue weighted by Gasteiger charge is 2.14.